The van der Waals surface area contributed by atoms with Crippen LogP contribution in [-0.4, -0.2) is 55.2 Å². The van der Waals surface area contributed by atoms with Gasteiger partial charge in [-0.25, -0.2) is 8.42 Å². The fourth-order valence-corrected chi connectivity index (χ4v) is 6.94. The zero-order valence-electron chi connectivity index (χ0n) is 20.2. The van der Waals surface area contributed by atoms with Gasteiger partial charge >= 0.3 is 0 Å². The van der Waals surface area contributed by atoms with Crippen molar-refractivity contribution in [2.75, 3.05) is 17.1 Å². The standard InChI is InChI=1S/C24H39N3O3S/c1-8-9-12-26(20-15-23(3,4)25-24(5,6)16-20)22(28)18-10-11-21-19(14-18)13-17(2)27(21)31(7,29)30/h10-11,14,17,20,25H,8-9,12-13,15-16H2,1-7H3. The summed E-state index contributed by atoms with van der Waals surface area (Å²) in [6.45, 7) is 13.6. The molecule has 7 heteroatoms. The molecule has 174 valence electrons. The molecular weight excluding hydrogens is 410 g/mol. The van der Waals surface area contributed by atoms with Gasteiger partial charge in [0.2, 0.25) is 10.0 Å². The Kier molecular flexibility index (Phi) is 6.51. The fourth-order valence-electron chi connectivity index (χ4n) is 5.67. The predicted molar refractivity (Wildman–Crippen MR) is 127 cm³/mol. The van der Waals surface area contributed by atoms with E-state index in [0.29, 0.717) is 17.7 Å². The molecule has 0 spiro atoms. The molecular formula is C24H39N3O3S. The van der Waals surface area contributed by atoms with Crippen LogP contribution in [0.5, 0.6) is 0 Å². The van der Waals surface area contributed by atoms with E-state index in [4.69, 9.17) is 0 Å². The summed E-state index contributed by atoms with van der Waals surface area (Å²) in [6.07, 6.45) is 5.70. The molecule has 2 aliphatic heterocycles. The summed E-state index contributed by atoms with van der Waals surface area (Å²) in [6, 6.07) is 5.56. The molecule has 1 N–H and O–H groups in total. The minimum atomic E-state index is -3.34. The summed E-state index contributed by atoms with van der Waals surface area (Å²) in [5.41, 5.74) is 2.22. The number of nitrogens with one attached hydrogen (secondary N) is 1. The molecule has 1 atom stereocenters. The molecule has 0 bridgehead atoms. The zero-order chi connectivity index (χ0) is 23.2. The van der Waals surface area contributed by atoms with Crippen molar-refractivity contribution in [2.45, 2.75) is 96.8 Å². The maximum atomic E-state index is 13.7. The molecule has 0 aromatic heterocycles. The van der Waals surface area contributed by atoms with E-state index >= 15 is 0 Å². The smallest absolute Gasteiger partial charge is 0.254 e. The van der Waals surface area contributed by atoms with Crippen LogP contribution in [0, 0.1) is 0 Å². The maximum absolute atomic E-state index is 13.7. The molecule has 1 aromatic carbocycles. The van der Waals surface area contributed by atoms with Crippen molar-refractivity contribution in [2.24, 2.45) is 0 Å². The van der Waals surface area contributed by atoms with E-state index < -0.39 is 10.0 Å². The number of benzene rings is 1. The minimum absolute atomic E-state index is 0.0412. The lowest BCUT2D eigenvalue weighted by Crippen LogP contribution is -2.62. The van der Waals surface area contributed by atoms with Crippen LogP contribution < -0.4 is 9.62 Å². The van der Waals surface area contributed by atoms with Gasteiger partial charge in [0.25, 0.3) is 5.91 Å². The first-order valence-corrected chi connectivity index (χ1v) is 13.3. The van der Waals surface area contributed by atoms with Gasteiger partial charge in [-0.15, -0.1) is 0 Å². The minimum Gasteiger partial charge on any atom is -0.336 e. The van der Waals surface area contributed by atoms with Gasteiger partial charge in [-0.3, -0.25) is 9.10 Å². The second kappa shape index (κ2) is 8.39. The normalized spacial score (nSPS) is 22.9. The van der Waals surface area contributed by atoms with Crippen molar-refractivity contribution in [3.63, 3.8) is 0 Å². The topological polar surface area (TPSA) is 69.7 Å². The summed E-state index contributed by atoms with van der Waals surface area (Å²) in [5.74, 6) is 0.0557. The Morgan fingerprint density at radius 2 is 1.81 bits per heavy atom. The number of hydrogen-bond acceptors (Lipinski definition) is 4. The van der Waals surface area contributed by atoms with Gasteiger partial charge in [0, 0.05) is 35.3 Å². The molecule has 2 heterocycles. The quantitative estimate of drug-likeness (QED) is 0.714. The summed E-state index contributed by atoms with van der Waals surface area (Å²) < 4.78 is 25.9. The number of amides is 1. The highest BCUT2D eigenvalue weighted by Crippen LogP contribution is 2.36. The van der Waals surface area contributed by atoms with Crippen LogP contribution in [0.4, 0.5) is 5.69 Å². The van der Waals surface area contributed by atoms with Gasteiger partial charge in [0.15, 0.2) is 0 Å². The first-order valence-electron chi connectivity index (χ1n) is 11.5. The number of sulfonamides is 1. The number of unbranched alkanes of at least 4 members (excludes halogenated alkanes) is 1. The molecule has 1 aromatic rings. The number of nitrogens with zero attached hydrogens (tertiary/aromatic N) is 2. The van der Waals surface area contributed by atoms with Gasteiger partial charge < -0.3 is 10.2 Å². The molecule has 3 rings (SSSR count). The Morgan fingerprint density at radius 3 is 2.35 bits per heavy atom. The van der Waals surface area contributed by atoms with Crippen LogP contribution in [0.25, 0.3) is 0 Å². The zero-order valence-corrected chi connectivity index (χ0v) is 21.0. The van der Waals surface area contributed by atoms with E-state index in [9.17, 15) is 13.2 Å². The Hall–Kier alpha value is -1.60. The molecule has 6 nitrogen and oxygen atoms in total. The number of rotatable bonds is 6. The van der Waals surface area contributed by atoms with E-state index in [2.05, 4.69) is 44.8 Å². The highest BCUT2D eigenvalue weighted by molar-refractivity contribution is 7.92. The largest absolute Gasteiger partial charge is 0.336 e. The van der Waals surface area contributed by atoms with Crippen LogP contribution >= 0.6 is 0 Å². The molecule has 1 saturated heterocycles. The van der Waals surface area contributed by atoms with E-state index in [1.54, 1.807) is 12.1 Å². The summed E-state index contributed by atoms with van der Waals surface area (Å²) >= 11 is 0. The van der Waals surface area contributed by atoms with Crippen LogP contribution in [-0.2, 0) is 16.4 Å². The molecule has 31 heavy (non-hydrogen) atoms. The third-order valence-electron chi connectivity index (χ3n) is 6.46. The number of carbonyl (C=O) groups is 1. The number of piperidine rings is 1. The lowest BCUT2D eigenvalue weighted by atomic mass is 9.78. The number of carbonyl (C=O) groups excluding carboxylic acids is 1. The highest BCUT2D eigenvalue weighted by atomic mass is 32.2. The van der Waals surface area contributed by atoms with Crippen LogP contribution in [0.1, 0.15) is 83.1 Å². The van der Waals surface area contributed by atoms with Crippen LogP contribution in [0.15, 0.2) is 18.2 Å². The van der Waals surface area contributed by atoms with Crippen molar-refractivity contribution < 1.29 is 13.2 Å². The van der Waals surface area contributed by atoms with E-state index in [1.165, 1.54) is 10.6 Å². The van der Waals surface area contributed by atoms with Gasteiger partial charge in [0.1, 0.15) is 0 Å². The molecule has 1 unspecified atom stereocenters. The Morgan fingerprint density at radius 1 is 1.19 bits per heavy atom. The second-order valence-corrected chi connectivity index (χ2v) is 12.6. The molecule has 1 fully saturated rings. The van der Waals surface area contributed by atoms with Crippen LogP contribution in [0.2, 0.25) is 0 Å². The Labute approximate surface area is 188 Å². The molecule has 0 radical (unpaired) electrons. The average molecular weight is 450 g/mol. The third kappa shape index (κ3) is 5.25. The highest BCUT2D eigenvalue weighted by Gasteiger charge is 2.41. The summed E-state index contributed by atoms with van der Waals surface area (Å²) in [5, 5.41) is 3.71. The predicted octanol–water partition coefficient (Wildman–Crippen LogP) is 3.95. The molecule has 0 saturated carbocycles. The Balaban J connectivity index is 1.92. The van der Waals surface area contributed by atoms with Crippen molar-refractivity contribution >= 4 is 21.6 Å². The first-order chi connectivity index (χ1) is 14.2. The van der Waals surface area contributed by atoms with E-state index in [1.807, 2.05) is 13.0 Å². The lowest BCUT2D eigenvalue weighted by molar-refractivity contribution is 0.0441. The van der Waals surface area contributed by atoms with Gasteiger partial charge in [-0.05, 0) is 84.1 Å². The SMILES string of the molecule is CCCCN(C(=O)c1ccc2c(c1)CC(C)N2S(C)(=O)=O)C1CC(C)(C)NC(C)(C)C1. The first kappa shape index (κ1) is 24.1. The van der Waals surface area contributed by atoms with Crippen molar-refractivity contribution in [1.29, 1.82) is 0 Å². The molecule has 0 aliphatic carbocycles. The van der Waals surface area contributed by atoms with Gasteiger partial charge in [0.05, 0.1) is 11.9 Å². The van der Waals surface area contributed by atoms with Crippen molar-refractivity contribution in [3.05, 3.63) is 29.3 Å². The lowest BCUT2D eigenvalue weighted by Gasteiger charge is -2.49. The monoisotopic (exact) mass is 449 g/mol. The number of fused-ring (bicyclic) bond motifs is 1. The molecule has 2 aliphatic rings. The summed E-state index contributed by atoms with van der Waals surface area (Å²) in [7, 11) is -3.34. The maximum Gasteiger partial charge on any atom is 0.254 e. The van der Waals surface area contributed by atoms with Gasteiger partial charge in [-0.2, -0.15) is 0 Å². The van der Waals surface area contributed by atoms with Crippen LogP contribution in [0.3, 0.4) is 0 Å². The molecule has 1 amide bonds. The average Bonchev–Trinajstić information content (AvgIpc) is 2.94. The Bertz CT molecular complexity index is 923. The van der Waals surface area contributed by atoms with Crippen molar-refractivity contribution in [3.8, 4) is 0 Å². The fraction of sp³-hybridized carbons (Fsp3) is 0.708. The summed E-state index contributed by atoms with van der Waals surface area (Å²) in [4.78, 5) is 15.8. The number of anilines is 1. The van der Waals surface area contributed by atoms with E-state index in [0.717, 1.165) is 37.8 Å². The number of hydrogen-bond donors (Lipinski definition) is 1. The second-order valence-electron chi connectivity index (χ2n) is 10.8. The third-order valence-corrected chi connectivity index (χ3v) is 7.73. The van der Waals surface area contributed by atoms with E-state index in [-0.39, 0.29) is 29.1 Å². The van der Waals surface area contributed by atoms with Gasteiger partial charge in [-0.1, -0.05) is 13.3 Å². The van der Waals surface area contributed by atoms with Crippen molar-refractivity contribution in [1.82, 2.24) is 10.2 Å².